The van der Waals surface area contributed by atoms with Gasteiger partial charge in [0.25, 0.3) is 0 Å². The molecule has 0 unspecified atom stereocenters. The van der Waals surface area contributed by atoms with E-state index in [2.05, 4.69) is 33.0 Å². The van der Waals surface area contributed by atoms with Crippen LogP contribution in [0.4, 0.5) is 0 Å². The number of rotatable bonds is 5. The summed E-state index contributed by atoms with van der Waals surface area (Å²) in [4.78, 5) is 12.0. The minimum Gasteiger partial charge on any atom is -0.353 e. The Hall–Kier alpha value is -0.530. The van der Waals surface area contributed by atoms with Crippen LogP contribution in [0.3, 0.4) is 0 Å². The lowest BCUT2D eigenvalue weighted by atomic mass is 9.86. The van der Waals surface area contributed by atoms with Gasteiger partial charge in [0.1, 0.15) is 0 Å². The highest BCUT2D eigenvalue weighted by Crippen LogP contribution is 2.26. The number of carbonyl (C=O) groups excluding carboxylic acids is 1. The zero-order valence-corrected chi connectivity index (χ0v) is 12.0. The highest BCUT2D eigenvalue weighted by atomic mass is 16.1. The number of nitrogens with one attached hydrogen (secondary N) is 1. The van der Waals surface area contributed by atoms with Crippen LogP contribution in [0.15, 0.2) is 0 Å². The van der Waals surface area contributed by atoms with Crippen LogP contribution in [0.2, 0.25) is 0 Å². The lowest BCUT2D eigenvalue weighted by molar-refractivity contribution is -0.123. The molecule has 0 aromatic heterocycles. The maximum absolute atomic E-state index is 12.0. The molecule has 1 aliphatic carbocycles. The number of hydrogen-bond donors (Lipinski definition) is 1. The van der Waals surface area contributed by atoms with Crippen LogP contribution in [0.25, 0.3) is 0 Å². The van der Waals surface area contributed by atoms with Crippen molar-refractivity contribution >= 4 is 5.91 Å². The van der Waals surface area contributed by atoms with E-state index in [1.165, 1.54) is 32.1 Å². The van der Waals surface area contributed by atoms with Crippen molar-refractivity contribution in [2.24, 2.45) is 17.8 Å². The maximum Gasteiger partial charge on any atom is 0.220 e. The van der Waals surface area contributed by atoms with E-state index < -0.39 is 0 Å². The molecule has 0 bridgehead atoms. The van der Waals surface area contributed by atoms with Crippen LogP contribution in [0.5, 0.6) is 0 Å². The molecule has 0 aromatic rings. The fraction of sp³-hybridized carbons (Fsp3) is 0.933. The average Bonchev–Trinajstić information content (AvgIpc) is 2.26. The van der Waals surface area contributed by atoms with Crippen molar-refractivity contribution in [3.63, 3.8) is 0 Å². The van der Waals surface area contributed by atoms with Crippen LogP contribution < -0.4 is 5.32 Å². The third kappa shape index (κ3) is 5.10. The second-order valence-corrected chi connectivity index (χ2v) is 6.29. The first-order valence-electron chi connectivity index (χ1n) is 7.30. The van der Waals surface area contributed by atoms with Gasteiger partial charge < -0.3 is 5.32 Å². The average molecular weight is 239 g/mol. The third-order valence-corrected chi connectivity index (χ3v) is 3.96. The van der Waals surface area contributed by atoms with Gasteiger partial charge in [0.15, 0.2) is 0 Å². The van der Waals surface area contributed by atoms with Crippen LogP contribution in [-0.2, 0) is 4.79 Å². The van der Waals surface area contributed by atoms with Gasteiger partial charge in [-0.3, -0.25) is 4.79 Å². The van der Waals surface area contributed by atoms with E-state index in [1.54, 1.807) is 0 Å². The molecule has 1 fully saturated rings. The Morgan fingerprint density at radius 2 is 1.59 bits per heavy atom. The van der Waals surface area contributed by atoms with E-state index >= 15 is 0 Å². The molecule has 0 spiro atoms. The summed E-state index contributed by atoms with van der Waals surface area (Å²) in [5.74, 6) is 1.95. The SMILES string of the molecule is CC(C)C(NC(=O)CC1CCCCC1)C(C)C. The van der Waals surface area contributed by atoms with Crippen molar-refractivity contribution in [1.29, 1.82) is 0 Å². The van der Waals surface area contributed by atoms with E-state index in [0.29, 0.717) is 23.8 Å². The molecule has 17 heavy (non-hydrogen) atoms. The molecular formula is C15H29NO. The molecular weight excluding hydrogens is 210 g/mol. The molecule has 0 aromatic carbocycles. The Balaban J connectivity index is 2.36. The van der Waals surface area contributed by atoms with Gasteiger partial charge in [-0.25, -0.2) is 0 Å². The summed E-state index contributed by atoms with van der Waals surface area (Å²) >= 11 is 0. The largest absolute Gasteiger partial charge is 0.353 e. The molecule has 0 heterocycles. The van der Waals surface area contributed by atoms with Gasteiger partial charge in [0.2, 0.25) is 5.91 Å². The Kier molecular flexibility index (Phi) is 6.01. The molecule has 0 atom stereocenters. The summed E-state index contributed by atoms with van der Waals surface area (Å²) in [5, 5.41) is 3.22. The molecule has 1 aliphatic rings. The number of hydrogen-bond acceptors (Lipinski definition) is 1. The molecule has 1 amide bonds. The smallest absolute Gasteiger partial charge is 0.220 e. The lowest BCUT2D eigenvalue weighted by Crippen LogP contribution is -2.42. The van der Waals surface area contributed by atoms with Gasteiger partial charge in [0.05, 0.1) is 0 Å². The molecule has 2 heteroatoms. The van der Waals surface area contributed by atoms with Crippen LogP contribution >= 0.6 is 0 Å². The second-order valence-electron chi connectivity index (χ2n) is 6.29. The monoisotopic (exact) mass is 239 g/mol. The molecule has 100 valence electrons. The molecule has 0 saturated heterocycles. The van der Waals surface area contributed by atoms with E-state index in [-0.39, 0.29) is 5.91 Å². The van der Waals surface area contributed by atoms with Gasteiger partial charge in [-0.15, -0.1) is 0 Å². The lowest BCUT2D eigenvalue weighted by Gasteiger charge is -2.28. The van der Waals surface area contributed by atoms with E-state index in [9.17, 15) is 4.79 Å². The van der Waals surface area contributed by atoms with Gasteiger partial charge in [-0.2, -0.15) is 0 Å². The standard InChI is InChI=1S/C15H29NO/c1-11(2)15(12(3)4)16-14(17)10-13-8-6-5-7-9-13/h11-13,15H,5-10H2,1-4H3,(H,16,17). The summed E-state index contributed by atoms with van der Waals surface area (Å²) in [5.41, 5.74) is 0. The Morgan fingerprint density at radius 1 is 1.06 bits per heavy atom. The second kappa shape index (κ2) is 7.03. The van der Waals surface area contributed by atoms with Crippen molar-refractivity contribution < 1.29 is 4.79 Å². The highest BCUT2D eigenvalue weighted by Gasteiger charge is 2.22. The molecule has 1 rings (SSSR count). The van der Waals surface area contributed by atoms with Crippen molar-refractivity contribution in [2.75, 3.05) is 0 Å². The first kappa shape index (κ1) is 14.5. The third-order valence-electron chi connectivity index (χ3n) is 3.96. The van der Waals surface area contributed by atoms with E-state index in [4.69, 9.17) is 0 Å². The van der Waals surface area contributed by atoms with Crippen molar-refractivity contribution in [3.8, 4) is 0 Å². The fourth-order valence-corrected chi connectivity index (χ4v) is 3.00. The number of amides is 1. The maximum atomic E-state index is 12.0. The Labute approximate surface area is 107 Å². The summed E-state index contributed by atoms with van der Waals surface area (Å²) in [7, 11) is 0. The molecule has 0 radical (unpaired) electrons. The summed E-state index contributed by atoms with van der Waals surface area (Å²) < 4.78 is 0. The Morgan fingerprint density at radius 3 is 2.06 bits per heavy atom. The van der Waals surface area contributed by atoms with Crippen LogP contribution in [0, 0.1) is 17.8 Å². The van der Waals surface area contributed by atoms with Crippen LogP contribution in [0.1, 0.15) is 66.2 Å². The minimum absolute atomic E-state index is 0.268. The zero-order valence-electron chi connectivity index (χ0n) is 12.0. The molecule has 1 saturated carbocycles. The van der Waals surface area contributed by atoms with E-state index in [0.717, 1.165) is 6.42 Å². The van der Waals surface area contributed by atoms with E-state index in [1.807, 2.05) is 0 Å². The summed E-state index contributed by atoms with van der Waals surface area (Å²) in [6, 6.07) is 0.325. The molecule has 1 N–H and O–H groups in total. The van der Waals surface area contributed by atoms with Crippen molar-refractivity contribution in [3.05, 3.63) is 0 Å². The van der Waals surface area contributed by atoms with Gasteiger partial charge >= 0.3 is 0 Å². The van der Waals surface area contributed by atoms with Crippen LogP contribution in [-0.4, -0.2) is 11.9 Å². The first-order chi connectivity index (χ1) is 8.00. The topological polar surface area (TPSA) is 29.1 Å². The summed E-state index contributed by atoms with van der Waals surface area (Å²) in [6.45, 7) is 8.74. The quantitative estimate of drug-likeness (QED) is 0.777. The fourth-order valence-electron chi connectivity index (χ4n) is 3.00. The predicted molar refractivity (Wildman–Crippen MR) is 72.8 cm³/mol. The zero-order chi connectivity index (χ0) is 12.8. The summed E-state index contributed by atoms with van der Waals surface area (Å²) in [6.07, 6.45) is 7.24. The van der Waals surface area contributed by atoms with Gasteiger partial charge in [0, 0.05) is 12.5 Å². The van der Waals surface area contributed by atoms with Crippen molar-refractivity contribution in [2.45, 2.75) is 72.3 Å². The molecule has 0 aliphatic heterocycles. The normalized spacial score (nSPS) is 18.1. The molecule has 2 nitrogen and oxygen atoms in total. The van der Waals surface area contributed by atoms with Crippen molar-refractivity contribution in [1.82, 2.24) is 5.32 Å². The Bertz CT molecular complexity index is 221. The number of carbonyl (C=O) groups is 1. The first-order valence-corrected chi connectivity index (χ1v) is 7.30. The van der Waals surface area contributed by atoms with Gasteiger partial charge in [-0.1, -0.05) is 47.0 Å². The highest BCUT2D eigenvalue weighted by molar-refractivity contribution is 5.76. The predicted octanol–water partition coefficient (Wildman–Crippen LogP) is 3.75. The minimum atomic E-state index is 0.268. The van der Waals surface area contributed by atoms with Gasteiger partial charge in [-0.05, 0) is 30.6 Å².